The maximum absolute atomic E-state index is 9.97. The first kappa shape index (κ1) is 9.47. The fraction of sp³-hybridized carbons (Fsp3) is 1.00. The van der Waals surface area contributed by atoms with Crippen LogP contribution in [0.5, 0.6) is 0 Å². The highest BCUT2D eigenvalue weighted by Gasteiger charge is 2.46. The van der Waals surface area contributed by atoms with Crippen molar-refractivity contribution in [2.24, 2.45) is 11.3 Å². The summed E-state index contributed by atoms with van der Waals surface area (Å²) in [6.07, 6.45) is 5.85. The van der Waals surface area contributed by atoms with Gasteiger partial charge in [-0.05, 0) is 43.4 Å². The van der Waals surface area contributed by atoms with Gasteiger partial charge < -0.3 is 10.2 Å². The predicted octanol–water partition coefficient (Wildman–Crippen LogP) is 1.70. The molecule has 2 aliphatic rings. The Morgan fingerprint density at radius 1 is 1.15 bits per heavy atom. The molecule has 13 heavy (non-hydrogen) atoms. The van der Waals surface area contributed by atoms with Gasteiger partial charge in [-0.25, -0.2) is 0 Å². The van der Waals surface area contributed by atoms with E-state index in [-0.39, 0.29) is 17.6 Å². The van der Waals surface area contributed by atoms with Crippen molar-refractivity contribution in [1.29, 1.82) is 0 Å². The van der Waals surface area contributed by atoms with E-state index in [0.29, 0.717) is 5.92 Å². The van der Waals surface area contributed by atoms with Gasteiger partial charge in [-0.2, -0.15) is 0 Å². The average molecular weight is 184 g/mol. The van der Waals surface area contributed by atoms with Gasteiger partial charge in [-0.3, -0.25) is 0 Å². The molecule has 0 aromatic heterocycles. The first-order chi connectivity index (χ1) is 6.13. The van der Waals surface area contributed by atoms with Gasteiger partial charge in [0.1, 0.15) is 0 Å². The van der Waals surface area contributed by atoms with Crippen molar-refractivity contribution < 1.29 is 10.2 Å². The predicted molar refractivity (Wildman–Crippen MR) is 51.3 cm³/mol. The van der Waals surface area contributed by atoms with Crippen molar-refractivity contribution in [2.75, 3.05) is 0 Å². The molecule has 0 radical (unpaired) electrons. The molecule has 0 spiro atoms. The number of hydrogen-bond donors (Lipinski definition) is 2. The maximum atomic E-state index is 9.97. The Morgan fingerprint density at radius 2 is 1.92 bits per heavy atom. The Morgan fingerprint density at radius 3 is 2.69 bits per heavy atom. The Labute approximate surface area is 80.0 Å². The third-order valence-electron chi connectivity index (χ3n) is 4.30. The molecular weight excluding hydrogens is 164 g/mol. The minimum absolute atomic E-state index is 0.108. The number of aliphatic hydroxyl groups excluding tert-OH is 2. The Bertz CT molecular complexity index is 193. The Kier molecular flexibility index (Phi) is 2.37. The van der Waals surface area contributed by atoms with Crippen LogP contribution in [0, 0.1) is 11.3 Å². The van der Waals surface area contributed by atoms with E-state index in [0.717, 1.165) is 32.1 Å². The summed E-state index contributed by atoms with van der Waals surface area (Å²) >= 11 is 0. The van der Waals surface area contributed by atoms with E-state index in [4.69, 9.17) is 0 Å². The van der Waals surface area contributed by atoms with E-state index in [9.17, 15) is 10.2 Å². The minimum Gasteiger partial charge on any atom is -0.393 e. The third kappa shape index (κ3) is 1.50. The SMILES string of the molecule is C[C@]12CC[C@H](O)CC1CCC[C@@H]2O. The second-order valence-electron chi connectivity index (χ2n) is 5.08. The van der Waals surface area contributed by atoms with Crippen molar-refractivity contribution in [3.05, 3.63) is 0 Å². The van der Waals surface area contributed by atoms with Gasteiger partial charge in [0.25, 0.3) is 0 Å². The van der Waals surface area contributed by atoms with Gasteiger partial charge in [0.15, 0.2) is 0 Å². The van der Waals surface area contributed by atoms with Crippen LogP contribution in [0.4, 0.5) is 0 Å². The molecule has 0 heterocycles. The summed E-state index contributed by atoms with van der Waals surface area (Å²) in [5.74, 6) is 0.556. The number of aliphatic hydroxyl groups is 2. The molecule has 2 heteroatoms. The number of hydrogen-bond acceptors (Lipinski definition) is 2. The minimum atomic E-state index is -0.126. The summed E-state index contributed by atoms with van der Waals surface area (Å²) in [5.41, 5.74) is 0.109. The molecule has 2 nitrogen and oxygen atoms in total. The summed E-state index contributed by atoms with van der Waals surface area (Å²) in [7, 11) is 0. The largest absolute Gasteiger partial charge is 0.393 e. The standard InChI is InChI=1S/C11H20O2/c1-11-6-5-9(12)7-8(11)3-2-4-10(11)13/h8-10,12-13H,2-7H2,1H3/t8?,9-,10-,11-/m0/s1. The van der Waals surface area contributed by atoms with Gasteiger partial charge >= 0.3 is 0 Å². The lowest BCUT2D eigenvalue weighted by Crippen LogP contribution is -2.47. The molecule has 2 fully saturated rings. The third-order valence-corrected chi connectivity index (χ3v) is 4.30. The Balaban J connectivity index is 2.13. The highest BCUT2D eigenvalue weighted by atomic mass is 16.3. The fourth-order valence-electron chi connectivity index (χ4n) is 3.17. The number of fused-ring (bicyclic) bond motifs is 1. The van der Waals surface area contributed by atoms with Crippen molar-refractivity contribution in [3.8, 4) is 0 Å². The summed E-state index contributed by atoms with van der Waals surface area (Å²) in [6.45, 7) is 2.20. The summed E-state index contributed by atoms with van der Waals surface area (Å²) < 4.78 is 0. The van der Waals surface area contributed by atoms with Crippen molar-refractivity contribution >= 4 is 0 Å². The lowest BCUT2D eigenvalue weighted by atomic mass is 9.58. The lowest BCUT2D eigenvalue weighted by molar-refractivity contribution is -0.0912. The quantitative estimate of drug-likeness (QED) is 0.601. The molecule has 76 valence electrons. The summed E-state index contributed by atoms with van der Waals surface area (Å²) in [4.78, 5) is 0. The van der Waals surface area contributed by atoms with Crippen molar-refractivity contribution in [1.82, 2.24) is 0 Å². The van der Waals surface area contributed by atoms with Crippen LogP contribution in [0.25, 0.3) is 0 Å². The van der Waals surface area contributed by atoms with Crippen LogP contribution in [0.3, 0.4) is 0 Å². The molecule has 0 saturated heterocycles. The van der Waals surface area contributed by atoms with Gasteiger partial charge in [0, 0.05) is 0 Å². The van der Waals surface area contributed by atoms with Crippen LogP contribution >= 0.6 is 0 Å². The highest BCUT2D eigenvalue weighted by Crippen LogP contribution is 2.50. The Hall–Kier alpha value is -0.0800. The van der Waals surface area contributed by atoms with Gasteiger partial charge in [0.05, 0.1) is 12.2 Å². The molecule has 0 bridgehead atoms. The zero-order chi connectivity index (χ0) is 9.47. The zero-order valence-electron chi connectivity index (χ0n) is 8.37. The first-order valence-corrected chi connectivity index (χ1v) is 5.49. The molecule has 2 rings (SSSR count). The molecule has 2 saturated carbocycles. The highest BCUT2D eigenvalue weighted by molar-refractivity contribution is 4.96. The molecule has 0 aromatic carbocycles. The molecule has 1 unspecified atom stereocenters. The van der Waals surface area contributed by atoms with Gasteiger partial charge in [0.2, 0.25) is 0 Å². The molecule has 0 aliphatic heterocycles. The lowest BCUT2D eigenvalue weighted by Gasteiger charge is -2.49. The van der Waals surface area contributed by atoms with E-state index in [2.05, 4.69) is 6.92 Å². The van der Waals surface area contributed by atoms with Crippen LogP contribution in [0.1, 0.15) is 45.4 Å². The average Bonchev–Trinajstić information content (AvgIpc) is 2.09. The topological polar surface area (TPSA) is 40.5 Å². The van der Waals surface area contributed by atoms with E-state index in [1.807, 2.05) is 0 Å². The van der Waals surface area contributed by atoms with Crippen molar-refractivity contribution in [2.45, 2.75) is 57.7 Å². The van der Waals surface area contributed by atoms with Crippen LogP contribution in [-0.4, -0.2) is 22.4 Å². The van der Waals surface area contributed by atoms with Crippen LogP contribution < -0.4 is 0 Å². The fourth-order valence-corrected chi connectivity index (χ4v) is 3.17. The van der Waals surface area contributed by atoms with Crippen molar-refractivity contribution in [3.63, 3.8) is 0 Å². The number of rotatable bonds is 0. The van der Waals surface area contributed by atoms with E-state index in [1.54, 1.807) is 0 Å². The van der Waals surface area contributed by atoms with Crippen LogP contribution in [0.15, 0.2) is 0 Å². The molecule has 0 amide bonds. The first-order valence-electron chi connectivity index (χ1n) is 5.49. The van der Waals surface area contributed by atoms with E-state index < -0.39 is 0 Å². The van der Waals surface area contributed by atoms with Crippen LogP contribution in [0.2, 0.25) is 0 Å². The summed E-state index contributed by atoms with van der Waals surface area (Å²) in [6, 6.07) is 0. The molecule has 4 atom stereocenters. The summed E-state index contributed by atoms with van der Waals surface area (Å²) in [5, 5.41) is 19.5. The molecular formula is C11H20O2. The maximum Gasteiger partial charge on any atom is 0.0596 e. The normalized spacial score (nSPS) is 51.5. The molecule has 2 aliphatic carbocycles. The van der Waals surface area contributed by atoms with E-state index in [1.165, 1.54) is 6.42 Å². The van der Waals surface area contributed by atoms with Gasteiger partial charge in [-0.1, -0.05) is 13.3 Å². The molecule has 0 aromatic rings. The smallest absolute Gasteiger partial charge is 0.0596 e. The van der Waals surface area contributed by atoms with Crippen LogP contribution in [-0.2, 0) is 0 Å². The van der Waals surface area contributed by atoms with Gasteiger partial charge in [-0.15, -0.1) is 0 Å². The second kappa shape index (κ2) is 3.25. The monoisotopic (exact) mass is 184 g/mol. The zero-order valence-corrected chi connectivity index (χ0v) is 8.37. The second-order valence-corrected chi connectivity index (χ2v) is 5.08. The molecule has 2 N–H and O–H groups in total. The van der Waals surface area contributed by atoms with E-state index >= 15 is 0 Å².